The van der Waals surface area contributed by atoms with Crippen LogP contribution in [0.3, 0.4) is 0 Å². The van der Waals surface area contributed by atoms with Gasteiger partial charge in [0.05, 0.1) is 0 Å². The van der Waals surface area contributed by atoms with Crippen molar-refractivity contribution in [2.45, 2.75) is 64.6 Å². The van der Waals surface area contributed by atoms with Crippen molar-refractivity contribution in [1.29, 1.82) is 0 Å². The van der Waals surface area contributed by atoms with Crippen molar-refractivity contribution in [2.75, 3.05) is 33.0 Å². The summed E-state index contributed by atoms with van der Waals surface area (Å²) in [7, 11) is 0. The number of hydrogen-bond acceptors (Lipinski definition) is 10. The standard InChI is InChI=1S/C35H45NO10/c1-26(2)33(38)43-24-30(22-41-28-16-10-8-11-17-28)45-32(37)20-14-6-5-7-15-21-36-35(40)46-31(25-44-34(39)27(3)4)23-42-29-18-12-9-13-19-29/h8-13,16-19,30-31H,1,3,5-7,14-15,20-25H2,2,4H3,(H,36,40). The van der Waals surface area contributed by atoms with Crippen LogP contribution >= 0.6 is 0 Å². The van der Waals surface area contributed by atoms with Gasteiger partial charge in [-0.05, 0) is 51.0 Å². The highest BCUT2D eigenvalue weighted by atomic mass is 16.6. The van der Waals surface area contributed by atoms with Crippen LogP contribution in [-0.2, 0) is 33.3 Å². The average Bonchev–Trinajstić information content (AvgIpc) is 3.05. The van der Waals surface area contributed by atoms with Crippen LogP contribution in [0.2, 0.25) is 0 Å². The summed E-state index contributed by atoms with van der Waals surface area (Å²) in [4.78, 5) is 48.4. The Kier molecular flexibility index (Phi) is 17.7. The number of carbonyl (C=O) groups is 4. The number of nitrogens with one attached hydrogen (secondary N) is 1. The van der Waals surface area contributed by atoms with E-state index in [-0.39, 0.29) is 44.0 Å². The maximum atomic E-state index is 12.4. The van der Waals surface area contributed by atoms with E-state index in [1.54, 1.807) is 24.3 Å². The van der Waals surface area contributed by atoms with Crippen LogP contribution in [0.25, 0.3) is 0 Å². The lowest BCUT2D eigenvalue weighted by molar-refractivity contribution is -0.159. The van der Waals surface area contributed by atoms with Gasteiger partial charge in [-0.2, -0.15) is 0 Å². The zero-order valence-corrected chi connectivity index (χ0v) is 26.7. The first-order chi connectivity index (χ1) is 22.1. The van der Waals surface area contributed by atoms with E-state index in [2.05, 4.69) is 18.5 Å². The van der Waals surface area contributed by atoms with Crippen molar-refractivity contribution in [3.05, 3.63) is 85.0 Å². The molecule has 46 heavy (non-hydrogen) atoms. The molecule has 0 aliphatic carbocycles. The zero-order valence-electron chi connectivity index (χ0n) is 26.7. The van der Waals surface area contributed by atoms with Crippen molar-refractivity contribution in [3.63, 3.8) is 0 Å². The normalized spacial score (nSPS) is 11.7. The molecule has 11 nitrogen and oxygen atoms in total. The molecule has 1 N–H and O–H groups in total. The van der Waals surface area contributed by atoms with Gasteiger partial charge in [-0.15, -0.1) is 0 Å². The first kappa shape index (κ1) is 37.4. The fraction of sp³-hybridized carbons (Fsp3) is 0.429. The second kappa shape index (κ2) is 21.8. The highest BCUT2D eigenvalue weighted by Crippen LogP contribution is 2.13. The molecule has 2 aromatic carbocycles. The van der Waals surface area contributed by atoms with E-state index in [0.29, 0.717) is 30.9 Å². The third-order valence-electron chi connectivity index (χ3n) is 6.25. The second-order valence-corrected chi connectivity index (χ2v) is 10.6. The largest absolute Gasteiger partial charge is 0.490 e. The number of esters is 3. The number of ether oxygens (including phenoxy) is 6. The molecular weight excluding hydrogens is 594 g/mol. The SMILES string of the molecule is C=C(C)C(=O)OCC(COc1ccccc1)OC(=O)CCCCCCCNC(=O)OC(COC(=O)C(=C)C)COc1ccccc1. The Bertz CT molecular complexity index is 1150. The molecule has 2 atom stereocenters. The summed E-state index contributed by atoms with van der Waals surface area (Å²) in [5, 5.41) is 2.70. The number of para-hydroxylation sites is 2. The Labute approximate surface area is 270 Å². The zero-order chi connectivity index (χ0) is 33.6. The van der Waals surface area contributed by atoms with Gasteiger partial charge in [0, 0.05) is 24.1 Å². The molecule has 2 rings (SSSR count). The summed E-state index contributed by atoms with van der Waals surface area (Å²) in [5.74, 6) is -0.347. The molecule has 1 amide bonds. The van der Waals surface area contributed by atoms with Gasteiger partial charge in [-0.1, -0.05) is 68.8 Å². The van der Waals surface area contributed by atoms with Crippen molar-refractivity contribution < 1.29 is 47.6 Å². The summed E-state index contributed by atoms with van der Waals surface area (Å²) in [5.41, 5.74) is 0.490. The summed E-state index contributed by atoms with van der Waals surface area (Å²) in [6.45, 7) is 10.3. The maximum Gasteiger partial charge on any atom is 0.407 e. The quantitative estimate of drug-likeness (QED) is 0.0736. The third kappa shape index (κ3) is 16.9. The van der Waals surface area contributed by atoms with Crippen molar-refractivity contribution in [2.24, 2.45) is 0 Å². The fourth-order valence-corrected chi connectivity index (χ4v) is 3.78. The Morgan fingerprint density at radius 2 is 1.09 bits per heavy atom. The van der Waals surface area contributed by atoms with Crippen LogP contribution in [0.15, 0.2) is 85.0 Å². The Morgan fingerprint density at radius 3 is 1.59 bits per heavy atom. The highest BCUT2D eigenvalue weighted by molar-refractivity contribution is 5.87. The van der Waals surface area contributed by atoms with Crippen molar-refractivity contribution in [3.8, 4) is 11.5 Å². The van der Waals surface area contributed by atoms with E-state index in [9.17, 15) is 19.2 Å². The number of carbonyl (C=O) groups excluding carboxylic acids is 4. The Balaban J connectivity index is 1.64. The van der Waals surface area contributed by atoms with Gasteiger partial charge in [0.15, 0.2) is 12.2 Å². The van der Waals surface area contributed by atoms with Gasteiger partial charge in [0.1, 0.15) is 37.9 Å². The summed E-state index contributed by atoms with van der Waals surface area (Å²) in [6, 6.07) is 18.1. The summed E-state index contributed by atoms with van der Waals surface area (Å²) in [6.07, 6.45) is 1.80. The van der Waals surface area contributed by atoms with Gasteiger partial charge in [0.25, 0.3) is 0 Å². The minimum absolute atomic E-state index is 0.00375. The van der Waals surface area contributed by atoms with Gasteiger partial charge in [-0.25, -0.2) is 14.4 Å². The van der Waals surface area contributed by atoms with E-state index in [1.807, 2.05) is 36.4 Å². The molecule has 0 aliphatic heterocycles. The van der Waals surface area contributed by atoms with Crippen LogP contribution in [0.5, 0.6) is 11.5 Å². The molecule has 2 unspecified atom stereocenters. The molecule has 0 heterocycles. The van der Waals surface area contributed by atoms with Crippen LogP contribution in [0, 0.1) is 0 Å². The summed E-state index contributed by atoms with van der Waals surface area (Å²) < 4.78 is 32.6. The predicted octanol–water partition coefficient (Wildman–Crippen LogP) is 5.73. The molecule has 250 valence electrons. The van der Waals surface area contributed by atoms with Gasteiger partial charge in [-0.3, -0.25) is 4.79 Å². The number of unbranched alkanes of at least 4 members (excludes halogenated alkanes) is 4. The topological polar surface area (TPSA) is 136 Å². The molecule has 0 radical (unpaired) electrons. The van der Waals surface area contributed by atoms with Gasteiger partial charge >= 0.3 is 24.0 Å². The first-order valence-corrected chi connectivity index (χ1v) is 15.3. The molecule has 0 spiro atoms. The fourth-order valence-electron chi connectivity index (χ4n) is 3.78. The van der Waals surface area contributed by atoms with Crippen molar-refractivity contribution in [1.82, 2.24) is 5.32 Å². The van der Waals surface area contributed by atoms with E-state index >= 15 is 0 Å². The minimum atomic E-state index is -0.814. The number of alkyl carbamates (subject to hydrolysis) is 1. The monoisotopic (exact) mass is 639 g/mol. The van der Waals surface area contributed by atoms with Crippen LogP contribution < -0.4 is 14.8 Å². The number of amides is 1. The number of hydrogen-bond donors (Lipinski definition) is 1. The van der Waals surface area contributed by atoms with Crippen LogP contribution in [0.1, 0.15) is 52.4 Å². The lowest BCUT2D eigenvalue weighted by Gasteiger charge is -2.19. The van der Waals surface area contributed by atoms with E-state index in [4.69, 9.17) is 28.4 Å². The van der Waals surface area contributed by atoms with Crippen LogP contribution in [-0.4, -0.2) is 69.2 Å². The summed E-state index contributed by atoms with van der Waals surface area (Å²) >= 11 is 0. The molecular formula is C35H45NO10. The maximum absolute atomic E-state index is 12.4. The van der Waals surface area contributed by atoms with E-state index in [0.717, 1.165) is 19.3 Å². The molecule has 0 aromatic heterocycles. The lowest BCUT2D eigenvalue weighted by Crippen LogP contribution is -2.36. The molecule has 11 heteroatoms. The van der Waals surface area contributed by atoms with Crippen molar-refractivity contribution >= 4 is 24.0 Å². The highest BCUT2D eigenvalue weighted by Gasteiger charge is 2.20. The molecule has 0 saturated heterocycles. The molecule has 0 bridgehead atoms. The number of rotatable bonds is 22. The minimum Gasteiger partial charge on any atom is -0.490 e. The van der Waals surface area contributed by atoms with E-state index < -0.39 is 36.2 Å². The smallest absolute Gasteiger partial charge is 0.407 e. The lowest BCUT2D eigenvalue weighted by atomic mass is 10.1. The number of benzene rings is 2. The molecule has 0 saturated carbocycles. The van der Waals surface area contributed by atoms with Crippen LogP contribution in [0.4, 0.5) is 4.79 Å². The average molecular weight is 640 g/mol. The van der Waals surface area contributed by atoms with E-state index in [1.165, 1.54) is 13.8 Å². The second-order valence-electron chi connectivity index (χ2n) is 10.6. The first-order valence-electron chi connectivity index (χ1n) is 15.3. The third-order valence-corrected chi connectivity index (χ3v) is 6.25. The molecule has 0 aliphatic rings. The molecule has 0 fully saturated rings. The van der Waals surface area contributed by atoms with Gasteiger partial charge in [0.2, 0.25) is 0 Å². The Hall–Kier alpha value is -4.80. The Morgan fingerprint density at radius 1 is 0.630 bits per heavy atom. The predicted molar refractivity (Wildman–Crippen MR) is 171 cm³/mol. The molecule has 2 aromatic rings. The van der Waals surface area contributed by atoms with Gasteiger partial charge < -0.3 is 33.7 Å².